The summed E-state index contributed by atoms with van der Waals surface area (Å²) >= 11 is 0. The Kier molecular flexibility index (Phi) is 7.06. The zero-order valence-electron chi connectivity index (χ0n) is 13.6. The predicted octanol–water partition coefficient (Wildman–Crippen LogP) is 3.02. The first-order valence-electron chi connectivity index (χ1n) is 7.29. The Morgan fingerprint density at radius 3 is 2.43 bits per heavy atom. The van der Waals surface area contributed by atoms with E-state index in [0.29, 0.717) is 5.70 Å². The summed E-state index contributed by atoms with van der Waals surface area (Å²) in [6.45, 7) is 8.04. The van der Waals surface area contributed by atoms with Crippen LogP contribution in [0.4, 0.5) is 0 Å². The molecule has 0 aliphatic rings. The van der Waals surface area contributed by atoms with E-state index in [0.717, 1.165) is 10.9 Å². The molecule has 0 spiro atoms. The molecule has 0 saturated carbocycles. The van der Waals surface area contributed by atoms with Crippen LogP contribution in [0.3, 0.4) is 0 Å². The molecule has 114 valence electrons. The topological polar surface area (TPSA) is 44.6 Å². The van der Waals surface area contributed by atoms with Crippen LogP contribution in [0.25, 0.3) is 0 Å². The average molecular weight is 286 g/mol. The molecule has 1 unspecified atom stereocenters. The summed E-state index contributed by atoms with van der Waals surface area (Å²) in [5.74, 6) is 0. The minimum Gasteiger partial charge on any atom is -0.390 e. The summed E-state index contributed by atoms with van der Waals surface area (Å²) < 4.78 is 0. The molecule has 0 fully saturated rings. The van der Waals surface area contributed by atoms with Crippen LogP contribution in [0.2, 0.25) is 0 Å². The molecule has 2 N–H and O–H groups in total. The zero-order chi connectivity index (χ0) is 15.8. The molecular formula is C18H26N2O. The van der Waals surface area contributed by atoms with Crippen LogP contribution in [0.1, 0.15) is 37.9 Å². The summed E-state index contributed by atoms with van der Waals surface area (Å²) in [5, 5.41) is 13.5. The normalized spacial score (nSPS) is 15.2. The van der Waals surface area contributed by atoms with Crippen LogP contribution in [-0.4, -0.2) is 18.8 Å². The molecule has 0 bridgehead atoms. The molecule has 21 heavy (non-hydrogen) atoms. The molecule has 1 aromatic carbocycles. The first-order valence-corrected chi connectivity index (χ1v) is 7.29. The van der Waals surface area contributed by atoms with Crippen molar-refractivity contribution in [3.05, 3.63) is 64.2 Å². The molecule has 0 saturated heterocycles. The van der Waals surface area contributed by atoms with Crippen molar-refractivity contribution in [2.75, 3.05) is 13.7 Å². The fourth-order valence-corrected chi connectivity index (χ4v) is 2.16. The standard InChI is InChI=1S/C18H26N2O/c1-6-13(3)18(19-5)15-9-8-14(4)17(11-10-15)20-16(7-2)12-21/h6-11,18-19,21H,12H2,1-5H3/b13-6+,16-7-,20-17-. The SMILES string of the molecule is C/C=C(CO)\N=c1\ccc(C(NC)/C(C)=C/C)ccc1C. The van der Waals surface area contributed by atoms with Crippen LogP contribution < -0.4 is 10.7 Å². The lowest BCUT2D eigenvalue weighted by Crippen LogP contribution is -2.17. The molecule has 0 heterocycles. The van der Waals surface area contributed by atoms with Crippen molar-refractivity contribution >= 4 is 0 Å². The average Bonchev–Trinajstić information content (AvgIpc) is 2.68. The van der Waals surface area contributed by atoms with Crippen molar-refractivity contribution in [1.82, 2.24) is 5.32 Å². The Hall–Kier alpha value is -1.71. The van der Waals surface area contributed by atoms with Gasteiger partial charge in [-0.15, -0.1) is 0 Å². The highest BCUT2D eigenvalue weighted by atomic mass is 16.3. The molecular weight excluding hydrogens is 260 g/mol. The van der Waals surface area contributed by atoms with E-state index in [1.807, 2.05) is 40.0 Å². The smallest absolute Gasteiger partial charge is 0.0849 e. The number of nitrogens with one attached hydrogen (secondary N) is 1. The molecule has 1 rings (SSSR count). The van der Waals surface area contributed by atoms with Crippen LogP contribution in [0.5, 0.6) is 0 Å². The molecule has 0 amide bonds. The minimum absolute atomic E-state index is 0.0434. The van der Waals surface area contributed by atoms with Gasteiger partial charge in [0.05, 0.1) is 23.7 Å². The maximum atomic E-state index is 9.25. The van der Waals surface area contributed by atoms with E-state index in [2.05, 4.69) is 41.5 Å². The largest absolute Gasteiger partial charge is 0.390 e. The lowest BCUT2D eigenvalue weighted by Gasteiger charge is -2.16. The van der Waals surface area contributed by atoms with Crippen molar-refractivity contribution in [2.24, 2.45) is 4.99 Å². The maximum Gasteiger partial charge on any atom is 0.0849 e. The van der Waals surface area contributed by atoms with Gasteiger partial charge in [0.2, 0.25) is 0 Å². The zero-order valence-corrected chi connectivity index (χ0v) is 13.6. The van der Waals surface area contributed by atoms with Gasteiger partial charge in [0.15, 0.2) is 0 Å². The number of aliphatic hydroxyl groups is 1. The highest BCUT2D eigenvalue weighted by Crippen LogP contribution is 2.19. The highest BCUT2D eigenvalue weighted by molar-refractivity contribution is 5.28. The molecule has 0 aliphatic carbocycles. The minimum atomic E-state index is -0.0434. The van der Waals surface area contributed by atoms with E-state index >= 15 is 0 Å². The molecule has 0 radical (unpaired) electrons. The van der Waals surface area contributed by atoms with Crippen LogP contribution in [0.15, 0.2) is 52.7 Å². The Bertz CT molecular complexity index is 600. The van der Waals surface area contributed by atoms with Crippen molar-refractivity contribution in [1.29, 1.82) is 0 Å². The number of aliphatic hydroxyl groups excluding tert-OH is 1. The van der Waals surface area contributed by atoms with Gasteiger partial charge in [0, 0.05) is 0 Å². The number of likely N-dealkylation sites (N-methyl/N-ethyl adjacent to an activating group) is 1. The van der Waals surface area contributed by atoms with Crippen molar-refractivity contribution in [2.45, 2.75) is 33.7 Å². The van der Waals surface area contributed by atoms with Gasteiger partial charge in [-0.25, -0.2) is 0 Å². The van der Waals surface area contributed by atoms with Gasteiger partial charge in [-0.1, -0.05) is 35.9 Å². The number of hydrogen-bond donors (Lipinski definition) is 2. The number of allylic oxidation sites excluding steroid dienone is 2. The molecule has 3 heteroatoms. The van der Waals surface area contributed by atoms with E-state index in [9.17, 15) is 5.11 Å². The van der Waals surface area contributed by atoms with Crippen LogP contribution in [-0.2, 0) is 0 Å². The lowest BCUT2D eigenvalue weighted by atomic mass is 10.0. The fraction of sp³-hybridized carbons (Fsp3) is 0.389. The number of nitrogens with zero attached hydrogens (tertiary/aromatic N) is 1. The second-order valence-corrected chi connectivity index (χ2v) is 5.04. The monoisotopic (exact) mass is 286 g/mol. The van der Waals surface area contributed by atoms with Gasteiger partial charge in [-0.3, -0.25) is 4.99 Å². The summed E-state index contributed by atoms with van der Waals surface area (Å²) in [7, 11) is 1.96. The summed E-state index contributed by atoms with van der Waals surface area (Å²) in [4.78, 5) is 4.50. The molecule has 1 atom stereocenters. The third kappa shape index (κ3) is 4.66. The van der Waals surface area contributed by atoms with Gasteiger partial charge in [0.25, 0.3) is 0 Å². The number of rotatable bonds is 5. The first kappa shape index (κ1) is 17.3. The molecule has 1 aromatic rings. The van der Waals surface area contributed by atoms with Crippen molar-refractivity contribution in [3.8, 4) is 0 Å². The number of aryl methyl sites for hydroxylation is 1. The van der Waals surface area contributed by atoms with Crippen LogP contribution >= 0.6 is 0 Å². The third-order valence-corrected chi connectivity index (χ3v) is 3.66. The fourth-order valence-electron chi connectivity index (χ4n) is 2.16. The second kappa shape index (κ2) is 8.55. The van der Waals surface area contributed by atoms with Crippen molar-refractivity contribution < 1.29 is 5.11 Å². The third-order valence-electron chi connectivity index (χ3n) is 3.66. The first-order chi connectivity index (χ1) is 10.1. The predicted molar refractivity (Wildman–Crippen MR) is 88.8 cm³/mol. The Morgan fingerprint density at radius 1 is 1.24 bits per heavy atom. The Morgan fingerprint density at radius 2 is 1.90 bits per heavy atom. The molecule has 3 nitrogen and oxygen atoms in total. The summed E-state index contributed by atoms with van der Waals surface area (Å²) in [5.41, 5.74) is 4.25. The van der Waals surface area contributed by atoms with E-state index in [1.165, 1.54) is 11.1 Å². The van der Waals surface area contributed by atoms with Gasteiger partial charge in [-0.2, -0.15) is 0 Å². The highest BCUT2D eigenvalue weighted by Gasteiger charge is 2.09. The van der Waals surface area contributed by atoms with Gasteiger partial charge in [-0.05, 0) is 51.9 Å². The Balaban J connectivity index is 3.36. The maximum absolute atomic E-state index is 9.25. The van der Waals surface area contributed by atoms with Crippen molar-refractivity contribution in [3.63, 3.8) is 0 Å². The summed E-state index contributed by atoms with van der Waals surface area (Å²) in [6, 6.07) is 8.50. The summed E-state index contributed by atoms with van der Waals surface area (Å²) in [6.07, 6.45) is 3.95. The van der Waals surface area contributed by atoms with E-state index in [4.69, 9.17) is 0 Å². The van der Waals surface area contributed by atoms with Gasteiger partial charge < -0.3 is 10.4 Å². The quantitative estimate of drug-likeness (QED) is 0.817. The molecule has 0 aromatic heterocycles. The lowest BCUT2D eigenvalue weighted by molar-refractivity contribution is 0.329. The van der Waals surface area contributed by atoms with Crippen LogP contribution in [0, 0.1) is 6.92 Å². The second-order valence-electron chi connectivity index (χ2n) is 5.04. The van der Waals surface area contributed by atoms with E-state index in [1.54, 1.807) is 0 Å². The van der Waals surface area contributed by atoms with Gasteiger partial charge >= 0.3 is 0 Å². The molecule has 0 aliphatic heterocycles. The Labute approximate surface area is 127 Å². The number of hydrogen-bond acceptors (Lipinski definition) is 3. The van der Waals surface area contributed by atoms with E-state index < -0.39 is 0 Å². The van der Waals surface area contributed by atoms with Gasteiger partial charge in [0.1, 0.15) is 0 Å². The van der Waals surface area contributed by atoms with E-state index in [-0.39, 0.29) is 12.6 Å².